The predicted octanol–water partition coefficient (Wildman–Crippen LogP) is 2.93. The van der Waals surface area contributed by atoms with Gasteiger partial charge in [0, 0.05) is 12.5 Å². The van der Waals surface area contributed by atoms with Crippen molar-refractivity contribution in [3.63, 3.8) is 0 Å². The standard InChI is InChI=1S/C15H20N2O2S/c1-9-7-12(17-14(18)11-5-6-11)20-13(9)15(19)16-8-10-3-2-4-10/h7,10-11H,2-6,8H2,1H3,(H,16,19)(H,17,18). The van der Waals surface area contributed by atoms with Crippen LogP contribution in [0.5, 0.6) is 0 Å². The van der Waals surface area contributed by atoms with Gasteiger partial charge in [-0.3, -0.25) is 9.59 Å². The van der Waals surface area contributed by atoms with E-state index in [0.29, 0.717) is 5.92 Å². The van der Waals surface area contributed by atoms with Gasteiger partial charge in [0.05, 0.1) is 9.88 Å². The van der Waals surface area contributed by atoms with Gasteiger partial charge in [0.15, 0.2) is 0 Å². The zero-order chi connectivity index (χ0) is 14.1. The maximum atomic E-state index is 12.1. The third-order valence-corrected chi connectivity index (χ3v) is 5.25. The minimum absolute atomic E-state index is 0.00804. The fourth-order valence-corrected chi connectivity index (χ4v) is 3.34. The molecular formula is C15H20N2O2S. The van der Waals surface area contributed by atoms with E-state index in [2.05, 4.69) is 10.6 Å². The molecule has 0 saturated heterocycles. The van der Waals surface area contributed by atoms with Gasteiger partial charge < -0.3 is 10.6 Å². The van der Waals surface area contributed by atoms with Gasteiger partial charge in [-0.15, -0.1) is 11.3 Å². The number of aryl methyl sites for hydroxylation is 1. The third kappa shape index (κ3) is 3.03. The van der Waals surface area contributed by atoms with E-state index in [9.17, 15) is 9.59 Å². The highest BCUT2D eigenvalue weighted by Crippen LogP contribution is 2.33. The highest BCUT2D eigenvalue weighted by atomic mass is 32.1. The third-order valence-electron chi connectivity index (χ3n) is 4.09. The Morgan fingerprint density at radius 1 is 1.30 bits per heavy atom. The summed E-state index contributed by atoms with van der Waals surface area (Å²) in [7, 11) is 0. The van der Waals surface area contributed by atoms with E-state index in [4.69, 9.17) is 0 Å². The molecule has 3 rings (SSSR count). The molecule has 2 N–H and O–H groups in total. The molecule has 0 atom stereocenters. The van der Waals surface area contributed by atoms with Crippen LogP contribution < -0.4 is 10.6 Å². The van der Waals surface area contributed by atoms with E-state index in [0.717, 1.165) is 34.8 Å². The number of amides is 2. The zero-order valence-electron chi connectivity index (χ0n) is 11.7. The monoisotopic (exact) mass is 292 g/mol. The Hall–Kier alpha value is -1.36. The molecule has 0 bridgehead atoms. The molecule has 2 aliphatic rings. The van der Waals surface area contributed by atoms with E-state index in [-0.39, 0.29) is 17.7 Å². The van der Waals surface area contributed by atoms with Gasteiger partial charge in [-0.1, -0.05) is 6.42 Å². The highest BCUT2D eigenvalue weighted by Gasteiger charge is 2.30. The number of rotatable bonds is 5. The second-order valence-corrected chi connectivity index (χ2v) is 6.95. The van der Waals surface area contributed by atoms with Gasteiger partial charge in [0.2, 0.25) is 5.91 Å². The molecule has 0 aliphatic heterocycles. The van der Waals surface area contributed by atoms with Crippen molar-refractivity contribution in [3.8, 4) is 0 Å². The Kier molecular flexibility index (Phi) is 3.78. The van der Waals surface area contributed by atoms with Crippen molar-refractivity contribution in [1.29, 1.82) is 0 Å². The average Bonchev–Trinajstić information content (AvgIpc) is 3.12. The van der Waals surface area contributed by atoms with E-state index in [1.54, 1.807) is 0 Å². The maximum absolute atomic E-state index is 12.1. The minimum Gasteiger partial charge on any atom is -0.351 e. The zero-order valence-corrected chi connectivity index (χ0v) is 12.5. The van der Waals surface area contributed by atoms with Crippen molar-refractivity contribution in [3.05, 3.63) is 16.5 Å². The summed E-state index contributed by atoms with van der Waals surface area (Å²) in [6.45, 7) is 2.70. The molecule has 2 saturated carbocycles. The van der Waals surface area contributed by atoms with Gasteiger partial charge in [0.25, 0.3) is 5.91 Å². The van der Waals surface area contributed by atoms with E-state index in [1.165, 1.54) is 30.6 Å². The van der Waals surface area contributed by atoms with Crippen molar-refractivity contribution in [2.24, 2.45) is 11.8 Å². The molecule has 2 fully saturated rings. The van der Waals surface area contributed by atoms with Crippen molar-refractivity contribution in [2.75, 3.05) is 11.9 Å². The second-order valence-electron chi connectivity index (χ2n) is 5.89. The largest absolute Gasteiger partial charge is 0.351 e. The lowest BCUT2D eigenvalue weighted by molar-refractivity contribution is -0.117. The summed E-state index contributed by atoms with van der Waals surface area (Å²) in [6.07, 6.45) is 5.73. The molecule has 0 unspecified atom stereocenters. The van der Waals surface area contributed by atoms with Gasteiger partial charge in [0.1, 0.15) is 0 Å². The maximum Gasteiger partial charge on any atom is 0.261 e. The Bertz CT molecular complexity index is 530. The first-order valence-electron chi connectivity index (χ1n) is 7.33. The average molecular weight is 292 g/mol. The lowest BCUT2D eigenvalue weighted by Gasteiger charge is -2.25. The number of hydrogen-bond acceptors (Lipinski definition) is 3. The topological polar surface area (TPSA) is 58.2 Å². The van der Waals surface area contributed by atoms with E-state index < -0.39 is 0 Å². The van der Waals surface area contributed by atoms with Crippen LogP contribution in [0.3, 0.4) is 0 Å². The second kappa shape index (κ2) is 5.56. The predicted molar refractivity (Wildman–Crippen MR) is 80.1 cm³/mol. The van der Waals surface area contributed by atoms with Crippen molar-refractivity contribution in [2.45, 2.75) is 39.0 Å². The van der Waals surface area contributed by atoms with Crippen LogP contribution in [-0.4, -0.2) is 18.4 Å². The molecule has 0 spiro atoms. The van der Waals surface area contributed by atoms with Crippen LogP contribution in [0.1, 0.15) is 47.3 Å². The Morgan fingerprint density at radius 3 is 2.65 bits per heavy atom. The number of nitrogens with one attached hydrogen (secondary N) is 2. The van der Waals surface area contributed by atoms with Crippen LogP contribution in [0, 0.1) is 18.8 Å². The first-order chi connectivity index (χ1) is 9.63. The summed E-state index contributed by atoms with van der Waals surface area (Å²) in [5.41, 5.74) is 0.937. The van der Waals surface area contributed by atoms with E-state index >= 15 is 0 Å². The summed E-state index contributed by atoms with van der Waals surface area (Å²) in [4.78, 5) is 24.6. The Labute approximate surface area is 122 Å². The van der Waals surface area contributed by atoms with Crippen LogP contribution >= 0.6 is 11.3 Å². The number of thiophene rings is 1. The lowest BCUT2D eigenvalue weighted by atomic mass is 9.85. The quantitative estimate of drug-likeness (QED) is 0.876. The fraction of sp³-hybridized carbons (Fsp3) is 0.600. The number of hydrogen-bond donors (Lipinski definition) is 2. The van der Waals surface area contributed by atoms with Gasteiger partial charge >= 0.3 is 0 Å². The molecule has 2 amide bonds. The molecule has 5 heteroatoms. The fourth-order valence-electron chi connectivity index (χ4n) is 2.35. The summed E-state index contributed by atoms with van der Waals surface area (Å²) >= 11 is 1.37. The van der Waals surface area contributed by atoms with Crippen molar-refractivity contribution in [1.82, 2.24) is 5.32 Å². The number of carbonyl (C=O) groups excluding carboxylic acids is 2. The molecular weight excluding hydrogens is 272 g/mol. The van der Waals surface area contributed by atoms with Gasteiger partial charge in [-0.05, 0) is 50.2 Å². The smallest absolute Gasteiger partial charge is 0.261 e. The molecule has 2 aliphatic carbocycles. The first kappa shape index (κ1) is 13.6. The number of carbonyl (C=O) groups is 2. The van der Waals surface area contributed by atoms with Crippen molar-refractivity contribution < 1.29 is 9.59 Å². The summed E-state index contributed by atoms with van der Waals surface area (Å²) in [6, 6.07) is 1.89. The SMILES string of the molecule is Cc1cc(NC(=O)C2CC2)sc1C(=O)NCC1CCC1. The molecule has 1 aromatic heterocycles. The molecule has 1 heterocycles. The molecule has 108 valence electrons. The molecule has 4 nitrogen and oxygen atoms in total. The Morgan fingerprint density at radius 2 is 2.05 bits per heavy atom. The first-order valence-corrected chi connectivity index (χ1v) is 8.14. The van der Waals surface area contributed by atoms with Crippen LogP contribution in [0.4, 0.5) is 5.00 Å². The van der Waals surface area contributed by atoms with Crippen LogP contribution in [-0.2, 0) is 4.79 Å². The normalized spacial score (nSPS) is 18.4. The Balaban J connectivity index is 1.58. The lowest BCUT2D eigenvalue weighted by Crippen LogP contribution is -2.31. The van der Waals surface area contributed by atoms with Crippen LogP contribution in [0.2, 0.25) is 0 Å². The van der Waals surface area contributed by atoms with Crippen molar-refractivity contribution >= 4 is 28.2 Å². The summed E-state index contributed by atoms with van der Waals surface area (Å²) < 4.78 is 0. The molecule has 0 radical (unpaired) electrons. The molecule has 1 aromatic rings. The minimum atomic E-state index is -0.00804. The summed E-state index contributed by atoms with van der Waals surface area (Å²) in [5, 5.41) is 6.69. The number of anilines is 1. The van der Waals surface area contributed by atoms with Gasteiger partial charge in [-0.25, -0.2) is 0 Å². The highest BCUT2D eigenvalue weighted by molar-refractivity contribution is 7.18. The van der Waals surface area contributed by atoms with Crippen LogP contribution in [0.15, 0.2) is 6.07 Å². The van der Waals surface area contributed by atoms with Gasteiger partial charge in [-0.2, -0.15) is 0 Å². The molecule has 20 heavy (non-hydrogen) atoms. The van der Waals surface area contributed by atoms with Crippen LogP contribution in [0.25, 0.3) is 0 Å². The molecule has 0 aromatic carbocycles. The van der Waals surface area contributed by atoms with E-state index in [1.807, 2.05) is 13.0 Å². The summed E-state index contributed by atoms with van der Waals surface area (Å²) in [5.74, 6) is 0.931.